The third-order valence-corrected chi connectivity index (χ3v) is 5.52. The smallest absolute Gasteiger partial charge is 0.263 e. The van der Waals surface area contributed by atoms with Crippen molar-refractivity contribution >= 4 is 26.9 Å². The van der Waals surface area contributed by atoms with Crippen molar-refractivity contribution in [3.05, 3.63) is 84.2 Å². The number of fused-ring (bicyclic) bond motifs is 1. The number of nitrogens with zero attached hydrogens (tertiary/aromatic N) is 4. The first-order valence-corrected chi connectivity index (χ1v) is 10.3. The van der Waals surface area contributed by atoms with Crippen LogP contribution < -0.4 is 9.46 Å². The van der Waals surface area contributed by atoms with Crippen molar-refractivity contribution in [2.75, 3.05) is 4.72 Å². The van der Waals surface area contributed by atoms with E-state index in [1.807, 2.05) is 18.2 Å². The molecule has 0 aliphatic rings. The molecule has 8 nitrogen and oxygen atoms in total. The molecule has 0 aliphatic heterocycles. The van der Waals surface area contributed by atoms with Crippen molar-refractivity contribution in [3.63, 3.8) is 0 Å². The lowest BCUT2D eigenvalue weighted by atomic mass is 10.2. The first-order chi connectivity index (χ1) is 14.5. The highest BCUT2D eigenvalue weighted by molar-refractivity contribution is 7.92. The Bertz CT molecular complexity index is 1330. The second kappa shape index (κ2) is 8.14. The Morgan fingerprint density at radius 2 is 1.70 bits per heavy atom. The van der Waals surface area contributed by atoms with Crippen molar-refractivity contribution in [2.24, 2.45) is 0 Å². The number of para-hydroxylation sites is 2. The molecule has 2 aromatic heterocycles. The minimum absolute atomic E-state index is 0.00494. The van der Waals surface area contributed by atoms with Gasteiger partial charge in [0.2, 0.25) is 5.82 Å². The zero-order chi connectivity index (χ0) is 21.0. The molecule has 4 rings (SSSR count). The van der Waals surface area contributed by atoms with E-state index in [4.69, 9.17) is 10.00 Å². The number of anilines is 1. The standard InChI is InChI=1S/C21H15N5O3S/c22-12-15-7-9-17(10-8-15)30(27,28)26-20-21(29-14-16-4-3-11-23-13-16)25-19-6-2-1-5-18(19)24-20/h1-11,13H,14H2,(H,24,26). The van der Waals surface area contributed by atoms with Crippen LogP contribution in [0.2, 0.25) is 0 Å². The Morgan fingerprint density at radius 1 is 0.967 bits per heavy atom. The highest BCUT2D eigenvalue weighted by atomic mass is 32.2. The summed E-state index contributed by atoms with van der Waals surface area (Å²) < 4.78 is 33.9. The molecule has 30 heavy (non-hydrogen) atoms. The lowest BCUT2D eigenvalue weighted by molar-refractivity contribution is 0.295. The van der Waals surface area contributed by atoms with Gasteiger partial charge in [0.15, 0.2) is 0 Å². The van der Waals surface area contributed by atoms with Crippen LogP contribution in [-0.2, 0) is 16.6 Å². The van der Waals surface area contributed by atoms with Gasteiger partial charge >= 0.3 is 0 Å². The van der Waals surface area contributed by atoms with Crippen molar-refractivity contribution in [1.82, 2.24) is 15.0 Å². The molecule has 0 saturated heterocycles. The third-order valence-electron chi connectivity index (χ3n) is 4.16. The zero-order valence-corrected chi connectivity index (χ0v) is 16.4. The van der Waals surface area contributed by atoms with Crippen molar-refractivity contribution in [2.45, 2.75) is 11.5 Å². The van der Waals surface area contributed by atoms with Gasteiger partial charge in [-0.3, -0.25) is 9.71 Å². The fourth-order valence-corrected chi connectivity index (χ4v) is 3.68. The number of pyridine rings is 1. The Hall–Kier alpha value is -4.03. The van der Waals surface area contributed by atoms with E-state index >= 15 is 0 Å². The number of hydrogen-bond acceptors (Lipinski definition) is 7. The number of aromatic nitrogens is 3. The minimum atomic E-state index is -3.97. The summed E-state index contributed by atoms with van der Waals surface area (Å²) in [6.45, 7) is 0.145. The summed E-state index contributed by atoms with van der Waals surface area (Å²) in [6, 6.07) is 18.2. The van der Waals surface area contributed by atoms with Gasteiger partial charge in [-0.05, 0) is 42.5 Å². The van der Waals surface area contributed by atoms with Gasteiger partial charge in [-0.2, -0.15) is 5.26 Å². The van der Waals surface area contributed by atoms with E-state index in [-0.39, 0.29) is 23.2 Å². The van der Waals surface area contributed by atoms with Crippen LogP contribution in [0.25, 0.3) is 11.0 Å². The topological polar surface area (TPSA) is 118 Å². The van der Waals surface area contributed by atoms with Crippen LogP contribution in [0.15, 0.2) is 78.0 Å². The molecule has 0 unspecified atom stereocenters. The van der Waals surface area contributed by atoms with Crippen LogP contribution in [0.1, 0.15) is 11.1 Å². The monoisotopic (exact) mass is 417 g/mol. The largest absolute Gasteiger partial charge is 0.470 e. The van der Waals surface area contributed by atoms with E-state index < -0.39 is 10.0 Å². The molecule has 0 atom stereocenters. The summed E-state index contributed by atoms with van der Waals surface area (Å²) in [7, 11) is -3.97. The predicted molar refractivity (Wildman–Crippen MR) is 110 cm³/mol. The average molecular weight is 417 g/mol. The van der Waals surface area contributed by atoms with Crippen LogP contribution in [0.3, 0.4) is 0 Å². The number of benzene rings is 2. The van der Waals surface area contributed by atoms with Gasteiger partial charge in [0.1, 0.15) is 6.61 Å². The molecule has 4 aromatic rings. The zero-order valence-electron chi connectivity index (χ0n) is 15.6. The minimum Gasteiger partial charge on any atom is -0.470 e. The number of rotatable bonds is 6. The maximum atomic E-state index is 12.8. The second-order valence-electron chi connectivity index (χ2n) is 6.26. The van der Waals surface area contributed by atoms with Crippen LogP contribution in [-0.4, -0.2) is 23.4 Å². The van der Waals surface area contributed by atoms with E-state index in [1.165, 1.54) is 24.3 Å². The fourth-order valence-electron chi connectivity index (χ4n) is 2.68. The van der Waals surface area contributed by atoms with E-state index in [9.17, 15) is 8.42 Å². The number of nitrogens with one attached hydrogen (secondary N) is 1. The van der Waals surface area contributed by atoms with Gasteiger partial charge in [0, 0.05) is 18.0 Å². The third kappa shape index (κ3) is 4.19. The quantitative estimate of drug-likeness (QED) is 0.511. The first-order valence-electron chi connectivity index (χ1n) is 8.87. The lowest BCUT2D eigenvalue weighted by Crippen LogP contribution is -2.15. The van der Waals surface area contributed by atoms with Crippen LogP contribution in [0.4, 0.5) is 5.82 Å². The number of ether oxygens (including phenoxy) is 1. The maximum Gasteiger partial charge on any atom is 0.263 e. The van der Waals surface area contributed by atoms with E-state index in [0.717, 1.165) is 5.56 Å². The molecule has 0 bridgehead atoms. The first kappa shape index (κ1) is 19.3. The molecule has 2 aromatic carbocycles. The van der Waals surface area contributed by atoms with E-state index in [1.54, 1.807) is 36.7 Å². The molecule has 2 heterocycles. The summed E-state index contributed by atoms with van der Waals surface area (Å²) in [4.78, 5) is 12.8. The maximum absolute atomic E-state index is 12.8. The fraction of sp³-hybridized carbons (Fsp3) is 0.0476. The molecule has 0 saturated carbocycles. The molecule has 148 valence electrons. The number of nitriles is 1. The van der Waals surface area contributed by atoms with Gasteiger partial charge in [-0.25, -0.2) is 18.4 Å². The van der Waals surface area contributed by atoms with E-state index in [0.29, 0.717) is 16.6 Å². The summed E-state index contributed by atoms with van der Waals surface area (Å²) >= 11 is 0. The van der Waals surface area contributed by atoms with Crippen molar-refractivity contribution in [3.8, 4) is 11.9 Å². The van der Waals surface area contributed by atoms with Gasteiger partial charge < -0.3 is 4.74 Å². The molecule has 0 aliphatic carbocycles. The van der Waals surface area contributed by atoms with Crippen LogP contribution in [0, 0.1) is 11.3 Å². The average Bonchev–Trinajstić information content (AvgIpc) is 2.78. The Morgan fingerprint density at radius 3 is 2.37 bits per heavy atom. The van der Waals surface area contributed by atoms with Gasteiger partial charge in [-0.1, -0.05) is 18.2 Å². The number of hydrogen-bond donors (Lipinski definition) is 1. The normalized spacial score (nSPS) is 11.0. The Kier molecular flexibility index (Phi) is 5.24. The summed E-state index contributed by atoms with van der Waals surface area (Å²) in [5.74, 6) is 0.0247. The second-order valence-corrected chi connectivity index (χ2v) is 7.94. The number of sulfonamides is 1. The molecule has 0 spiro atoms. The summed E-state index contributed by atoms with van der Waals surface area (Å²) in [6.07, 6.45) is 3.30. The van der Waals surface area contributed by atoms with Gasteiger partial charge in [-0.15, -0.1) is 0 Å². The molecule has 9 heteroatoms. The summed E-state index contributed by atoms with van der Waals surface area (Å²) in [5.41, 5.74) is 2.25. The molecule has 0 radical (unpaired) electrons. The van der Waals surface area contributed by atoms with Crippen molar-refractivity contribution in [1.29, 1.82) is 5.26 Å². The Labute approximate surface area is 172 Å². The van der Waals surface area contributed by atoms with Crippen molar-refractivity contribution < 1.29 is 13.2 Å². The van der Waals surface area contributed by atoms with Crippen LogP contribution >= 0.6 is 0 Å². The SMILES string of the molecule is N#Cc1ccc(S(=O)(=O)Nc2nc3ccccc3nc2OCc2cccnc2)cc1. The van der Waals surface area contributed by atoms with Gasteiger partial charge in [0.25, 0.3) is 15.9 Å². The molecule has 0 fully saturated rings. The molecular weight excluding hydrogens is 402 g/mol. The van der Waals surface area contributed by atoms with Crippen LogP contribution in [0.5, 0.6) is 5.88 Å². The molecule has 1 N–H and O–H groups in total. The summed E-state index contributed by atoms with van der Waals surface area (Å²) in [5, 5.41) is 8.90. The highest BCUT2D eigenvalue weighted by Crippen LogP contribution is 2.27. The molecular formula is C21H15N5O3S. The highest BCUT2D eigenvalue weighted by Gasteiger charge is 2.20. The predicted octanol–water partition coefficient (Wildman–Crippen LogP) is 3.28. The van der Waals surface area contributed by atoms with Gasteiger partial charge in [0.05, 0.1) is 27.6 Å². The molecule has 0 amide bonds. The lowest BCUT2D eigenvalue weighted by Gasteiger charge is -2.13. The van der Waals surface area contributed by atoms with E-state index in [2.05, 4.69) is 19.7 Å². The Balaban J connectivity index is 1.69.